The van der Waals surface area contributed by atoms with Crippen molar-refractivity contribution in [1.82, 2.24) is 0 Å². The minimum absolute atomic E-state index is 0.171. The van der Waals surface area contributed by atoms with E-state index in [9.17, 15) is 0 Å². The SMILES string of the molecule is [2H]c1c([2H])c([2H])c2c(-c3ccc(-c4ccccc4)c4ccccc34)c3c([2H])c([2H])c([2H])c([2H])c3c(Br)c2c1[2H]. The Morgan fingerprint density at radius 1 is 0.484 bits per heavy atom. The summed E-state index contributed by atoms with van der Waals surface area (Å²) in [5, 5.41) is 2.44. The van der Waals surface area contributed by atoms with Gasteiger partial charge in [0.1, 0.15) is 0 Å². The Balaban J connectivity index is 1.92. The Kier molecular flexibility index (Phi) is 2.81. The molecule has 0 bridgehead atoms. The zero-order valence-corrected chi connectivity index (χ0v) is 17.8. The molecule has 0 radical (unpaired) electrons. The lowest BCUT2D eigenvalue weighted by Crippen LogP contribution is -1.90. The van der Waals surface area contributed by atoms with Gasteiger partial charge in [-0.3, -0.25) is 0 Å². The third kappa shape index (κ3) is 2.89. The first-order valence-electron chi connectivity index (χ1n) is 13.8. The fourth-order valence-corrected chi connectivity index (χ4v) is 4.83. The van der Waals surface area contributed by atoms with Crippen molar-refractivity contribution in [3.05, 3.63) is 120 Å². The number of benzene rings is 6. The van der Waals surface area contributed by atoms with Crippen LogP contribution in [0.1, 0.15) is 11.0 Å². The molecule has 6 rings (SSSR count). The highest BCUT2D eigenvalue weighted by molar-refractivity contribution is 9.10. The quantitative estimate of drug-likeness (QED) is 0.223. The molecule has 6 aromatic rings. The van der Waals surface area contributed by atoms with Crippen LogP contribution in [0.2, 0.25) is 0 Å². The van der Waals surface area contributed by atoms with Crippen molar-refractivity contribution in [1.29, 1.82) is 0 Å². The summed E-state index contributed by atoms with van der Waals surface area (Å²) in [6.45, 7) is 0. The summed E-state index contributed by atoms with van der Waals surface area (Å²) < 4.78 is 68.9. The number of halogens is 1. The van der Waals surface area contributed by atoms with Gasteiger partial charge in [0.15, 0.2) is 0 Å². The number of rotatable bonds is 2. The molecule has 0 nitrogen and oxygen atoms in total. The summed E-state index contributed by atoms with van der Waals surface area (Å²) in [6.07, 6.45) is 0. The molecule has 0 N–H and O–H groups in total. The van der Waals surface area contributed by atoms with E-state index in [-0.39, 0.29) is 50.2 Å². The maximum Gasteiger partial charge on any atom is 0.0630 e. The largest absolute Gasteiger partial charge is 0.0630 e. The molecule has 6 aromatic carbocycles. The number of fused-ring (bicyclic) bond motifs is 3. The van der Waals surface area contributed by atoms with Crippen LogP contribution in [0.3, 0.4) is 0 Å². The summed E-state index contributed by atoms with van der Waals surface area (Å²) >= 11 is 3.47. The van der Waals surface area contributed by atoms with Gasteiger partial charge in [0.25, 0.3) is 0 Å². The van der Waals surface area contributed by atoms with Crippen LogP contribution in [-0.4, -0.2) is 0 Å². The predicted molar refractivity (Wildman–Crippen MR) is 138 cm³/mol. The third-order valence-electron chi connectivity index (χ3n) is 5.59. The molecule has 0 aliphatic rings. The first-order valence-corrected chi connectivity index (χ1v) is 10.6. The maximum absolute atomic E-state index is 8.89. The van der Waals surface area contributed by atoms with Crippen LogP contribution in [0.5, 0.6) is 0 Å². The van der Waals surface area contributed by atoms with E-state index in [1.165, 1.54) is 0 Å². The molecule has 0 spiro atoms. The van der Waals surface area contributed by atoms with Gasteiger partial charge in [-0.05, 0) is 70.5 Å². The lowest BCUT2D eigenvalue weighted by atomic mass is 9.87. The molecule has 0 aliphatic heterocycles. The molecule has 0 amide bonds. The summed E-state index contributed by atoms with van der Waals surface area (Å²) in [5.41, 5.74) is 2.94. The average molecular weight is 467 g/mol. The van der Waals surface area contributed by atoms with Crippen molar-refractivity contribution in [2.45, 2.75) is 0 Å². The second-order valence-corrected chi connectivity index (χ2v) is 8.05. The van der Waals surface area contributed by atoms with E-state index in [1.807, 2.05) is 66.7 Å². The van der Waals surface area contributed by atoms with Gasteiger partial charge < -0.3 is 0 Å². The summed E-state index contributed by atoms with van der Waals surface area (Å²) in [5.74, 6) is 0. The second kappa shape index (κ2) is 7.37. The van der Waals surface area contributed by atoms with Crippen LogP contribution in [-0.2, 0) is 0 Å². The summed E-state index contributed by atoms with van der Waals surface area (Å²) in [4.78, 5) is 0. The van der Waals surface area contributed by atoms with Crippen molar-refractivity contribution in [3.8, 4) is 22.3 Å². The van der Waals surface area contributed by atoms with Gasteiger partial charge >= 0.3 is 0 Å². The standard InChI is InChI=1S/C30H19Br/c31-30-27-16-8-6-14-24(27)29(25-15-7-9-17-28(25)30)26-19-18-21(20-10-2-1-3-11-20)22-12-4-5-13-23(22)26/h1-19H/i6D,7D,8D,9D,14D,15D,16D,17D. The Morgan fingerprint density at radius 3 is 1.58 bits per heavy atom. The van der Waals surface area contributed by atoms with Gasteiger partial charge in [0.05, 0.1) is 11.0 Å². The van der Waals surface area contributed by atoms with E-state index < -0.39 is 24.2 Å². The lowest BCUT2D eigenvalue weighted by Gasteiger charge is -2.17. The number of hydrogen-bond donors (Lipinski definition) is 0. The van der Waals surface area contributed by atoms with Gasteiger partial charge in [-0.1, -0.05) is 115 Å². The fourth-order valence-electron chi connectivity index (χ4n) is 4.24. The molecule has 0 aromatic heterocycles. The van der Waals surface area contributed by atoms with Gasteiger partial charge in [-0.25, -0.2) is 0 Å². The molecule has 1 heteroatoms. The minimum Gasteiger partial charge on any atom is -0.0622 e. The predicted octanol–water partition coefficient (Wildman–Crippen LogP) is 9.24. The maximum atomic E-state index is 8.89. The molecule has 0 saturated carbocycles. The molecular formula is C30H19Br. The summed E-state index contributed by atoms with van der Waals surface area (Å²) in [7, 11) is 0. The van der Waals surface area contributed by atoms with E-state index in [1.54, 1.807) is 0 Å². The molecule has 0 heterocycles. The Bertz CT molecular complexity index is 1920. The third-order valence-corrected chi connectivity index (χ3v) is 6.39. The van der Waals surface area contributed by atoms with Gasteiger partial charge in [-0.2, -0.15) is 0 Å². The van der Waals surface area contributed by atoms with E-state index in [2.05, 4.69) is 15.9 Å². The van der Waals surface area contributed by atoms with E-state index in [0.717, 1.165) is 21.9 Å². The van der Waals surface area contributed by atoms with Crippen molar-refractivity contribution in [2.75, 3.05) is 0 Å². The monoisotopic (exact) mass is 466 g/mol. The summed E-state index contributed by atoms with van der Waals surface area (Å²) in [6, 6.07) is 18.7. The Hall–Kier alpha value is -3.42. The van der Waals surface area contributed by atoms with Crippen LogP contribution >= 0.6 is 15.9 Å². The highest BCUT2D eigenvalue weighted by Gasteiger charge is 2.16. The molecule has 146 valence electrons. The molecule has 0 aliphatic carbocycles. The van der Waals surface area contributed by atoms with Crippen LogP contribution in [0, 0.1) is 0 Å². The minimum atomic E-state index is -0.413. The van der Waals surface area contributed by atoms with Crippen molar-refractivity contribution in [3.63, 3.8) is 0 Å². The molecule has 0 fully saturated rings. The topological polar surface area (TPSA) is 0 Å². The van der Waals surface area contributed by atoms with Crippen molar-refractivity contribution in [2.24, 2.45) is 0 Å². The smallest absolute Gasteiger partial charge is 0.0622 e. The zero-order valence-electron chi connectivity index (χ0n) is 24.2. The molecule has 0 saturated heterocycles. The lowest BCUT2D eigenvalue weighted by molar-refractivity contribution is 1.64. The second-order valence-electron chi connectivity index (χ2n) is 7.26. The average Bonchev–Trinajstić information content (AvgIpc) is 2.96. The molecule has 0 unspecified atom stereocenters. The van der Waals surface area contributed by atoms with E-state index in [4.69, 9.17) is 11.0 Å². The molecule has 0 atom stereocenters. The van der Waals surface area contributed by atoms with E-state index >= 15 is 0 Å². The zero-order chi connectivity index (χ0) is 27.7. The highest BCUT2D eigenvalue weighted by Crippen LogP contribution is 2.44. The van der Waals surface area contributed by atoms with Crippen LogP contribution in [0.25, 0.3) is 54.6 Å². The van der Waals surface area contributed by atoms with E-state index in [0.29, 0.717) is 11.1 Å². The normalized spacial score (nSPS) is 15.0. The van der Waals surface area contributed by atoms with Gasteiger partial charge in [0.2, 0.25) is 0 Å². The highest BCUT2D eigenvalue weighted by atomic mass is 79.9. The Morgan fingerprint density at radius 2 is 0.968 bits per heavy atom. The van der Waals surface area contributed by atoms with Crippen LogP contribution in [0.4, 0.5) is 0 Å². The van der Waals surface area contributed by atoms with Crippen LogP contribution < -0.4 is 0 Å². The van der Waals surface area contributed by atoms with Gasteiger partial charge in [-0.15, -0.1) is 0 Å². The first-order chi connectivity index (χ1) is 18.6. The fraction of sp³-hybridized carbons (Fsp3) is 0. The van der Waals surface area contributed by atoms with Gasteiger partial charge in [0, 0.05) is 4.47 Å². The Labute approximate surface area is 201 Å². The van der Waals surface area contributed by atoms with Crippen molar-refractivity contribution >= 4 is 48.2 Å². The van der Waals surface area contributed by atoms with Crippen molar-refractivity contribution < 1.29 is 11.0 Å². The molecular weight excluding hydrogens is 440 g/mol. The number of hydrogen-bond acceptors (Lipinski definition) is 0. The molecule has 31 heavy (non-hydrogen) atoms. The van der Waals surface area contributed by atoms with Crippen LogP contribution in [0.15, 0.2) is 120 Å². The first kappa shape index (κ1) is 11.8.